The number of anilines is 1. The topological polar surface area (TPSA) is 113 Å². The van der Waals surface area contributed by atoms with Gasteiger partial charge < -0.3 is 5.32 Å². The minimum absolute atomic E-state index is 0.0971. The number of fused-ring (bicyclic) bond motifs is 1. The summed E-state index contributed by atoms with van der Waals surface area (Å²) in [6, 6.07) is 4.55. The molecule has 1 aliphatic carbocycles. The van der Waals surface area contributed by atoms with E-state index in [1.54, 1.807) is 24.4 Å². The van der Waals surface area contributed by atoms with E-state index in [0.29, 0.717) is 18.3 Å². The molecule has 1 aromatic carbocycles. The number of imide groups is 2. The van der Waals surface area contributed by atoms with Gasteiger partial charge in [0, 0.05) is 30.4 Å². The minimum atomic E-state index is -0.968. The Bertz CT molecular complexity index is 1050. The van der Waals surface area contributed by atoms with Crippen molar-refractivity contribution in [1.29, 1.82) is 0 Å². The summed E-state index contributed by atoms with van der Waals surface area (Å²) in [5.74, 6) is -2.03. The number of amides is 4. The third-order valence-corrected chi connectivity index (χ3v) is 5.53. The Morgan fingerprint density at radius 2 is 1.93 bits per heavy atom. The third-order valence-electron chi connectivity index (χ3n) is 5.53. The van der Waals surface area contributed by atoms with Crippen LogP contribution < -0.4 is 10.6 Å². The molecule has 0 spiro atoms. The van der Waals surface area contributed by atoms with Crippen LogP contribution in [0.25, 0.3) is 0 Å². The number of aromatic nitrogens is 2. The number of carbonyl (C=O) groups is 4. The van der Waals surface area contributed by atoms with Crippen molar-refractivity contribution in [1.82, 2.24) is 20.0 Å². The van der Waals surface area contributed by atoms with E-state index < -0.39 is 29.7 Å². The van der Waals surface area contributed by atoms with Crippen molar-refractivity contribution in [2.75, 3.05) is 5.32 Å². The zero-order valence-electron chi connectivity index (χ0n) is 15.6. The monoisotopic (exact) mass is 393 g/mol. The van der Waals surface area contributed by atoms with Crippen LogP contribution in [0.5, 0.6) is 0 Å². The Morgan fingerprint density at radius 3 is 2.69 bits per heavy atom. The molecule has 1 atom stereocenters. The molecule has 1 saturated carbocycles. The Morgan fingerprint density at radius 1 is 1.10 bits per heavy atom. The van der Waals surface area contributed by atoms with Crippen LogP contribution in [0, 0.1) is 0 Å². The quantitative estimate of drug-likeness (QED) is 0.739. The highest BCUT2D eigenvalue weighted by atomic mass is 16.2. The first-order chi connectivity index (χ1) is 14.0. The number of hydrogen-bond acceptors (Lipinski definition) is 6. The van der Waals surface area contributed by atoms with E-state index in [1.165, 1.54) is 0 Å². The van der Waals surface area contributed by atoms with Crippen LogP contribution in [-0.4, -0.2) is 44.4 Å². The number of hydrogen-bond donors (Lipinski definition) is 2. The minimum Gasteiger partial charge on any atom is -0.380 e. The van der Waals surface area contributed by atoms with Crippen LogP contribution in [-0.2, 0) is 16.1 Å². The lowest BCUT2D eigenvalue weighted by Gasteiger charge is -2.27. The molecule has 3 heterocycles. The van der Waals surface area contributed by atoms with Crippen molar-refractivity contribution >= 4 is 29.3 Å². The van der Waals surface area contributed by atoms with Crippen molar-refractivity contribution < 1.29 is 19.2 Å². The van der Waals surface area contributed by atoms with Gasteiger partial charge in [-0.25, -0.2) is 0 Å². The first-order valence-corrected chi connectivity index (χ1v) is 9.64. The van der Waals surface area contributed by atoms with Crippen LogP contribution in [0.2, 0.25) is 0 Å². The maximum atomic E-state index is 13.1. The van der Waals surface area contributed by atoms with Gasteiger partial charge in [0.25, 0.3) is 11.8 Å². The van der Waals surface area contributed by atoms with Crippen molar-refractivity contribution in [2.24, 2.45) is 0 Å². The molecule has 2 fully saturated rings. The second kappa shape index (κ2) is 6.54. The van der Waals surface area contributed by atoms with E-state index in [4.69, 9.17) is 0 Å². The number of nitrogens with zero attached hydrogens (tertiary/aromatic N) is 3. The second-order valence-corrected chi connectivity index (χ2v) is 7.59. The number of piperidine rings is 1. The summed E-state index contributed by atoms with van der Waals surface area (Å²) in [5.41, 5.74) is 2.04. The van der Waals surface area contributed by atoms with Crippen LogP contribution in [0.4, 0.5) is 5.69 Å². The van der Waals surface area contributed by atoms with E-state index >= 15 is 0 Å². The molecule has 0 bridgehead atoms. The van der Waals surface area contributed by atoms with Gasteiger partial charge in [0.1, 0.15) is 6.04 Å². The second-order valence-electron chi connectivity index (χ2n) is 7.59. The maximum absolute atomic E-state index is 13.1. The summed E-state index contributed by atoms with van der Waals surface area (Å²) in [4.78, 5) is 50.5. The van der Waals surface area contributed by atoms with Gasteiger partial charge >= 0.3 is 0 Å². The van der Waals surface area contributed by atoms with E-state index in [9.17, 15) is 19.2 Å². The molecule has 2 aromatic rings. The SMILES string of the molecule is O=C1CCC(N2C(=O)c3cccc(NCc4cnn(C5CC5)c4)c3C2=O)C(=O)N1. The van der Waals surface area contributed by atoms with Gasteiger partial charge in [0.15, 0.2) is 0 Å². The molecule has 9 nitrogen and oxygen atoms in total. The van der Waals surface area contributed by atoms with Crippen molar-refractivity contribution in [3.05, 3.63) is 47.3 Å². The fourth-order valence-corrected chi connectivity index (χ4v) is 3.87. The third kappa shape index (κ3) is 2.98. The van der Waals surface area contributed by atoms with E-state index in [-0.39, 0.29) is 24.0 Å². The molecular weight excluding hydrogens is 374 g/mol. The zero-order chi connectivity index (χ0) is 20.1. The van der Waals surface area contributed by atoms with E-state index in [0.717, 1.165) is 23.3 Å². The summed E-state index contributed by atoms with van der Waals surface area (Å²) in [6.07, 6.45) is 6.30. The average Bonchev–Trinajstić information content (AvgIpc) is 3.39. The standard InChI is InChI=1S/C20H19N5O4/c26-16-7-6-15(18(27)23-16)25-19(28)13-2-1-3-14(17(13)20(25)29)21-8-11-9-22-24(10-11)12-4-5-12/h1-3,9-10,12,15,21H,4-8H2,(H,23,26,27). The normalized spacial score (nSPS) is 21.4. The van der Waals surface area contributed by atoms with Crippen LogP contribution in [0.1, 0.15) is 58.0 Å². The molecule has 1 unspecified atom stereocenters. The van der Waals surface area contributed by atoms with Gasteiger partial charge in [-0.3, -0.25) is 34.1 Å². The lowest BCUT2D eigenvalue weighted by Crippen LogP contribution is -2.54. The number of carbonyl (C=O) groups excluding carboxylic acids is 4. The summed E-state index contributed by atoms with van der Waals surface area (Å²) in [6.45, 7) is 0.461. The Labute approximate surface area is 166 Å². The summed E-state index contributed by atoms with van der Waals surface area (Å²) < 4.78 is 1.95. The molecule has 2 aliphatic heterocycles. The van der Waals surface area contributed by atoms with Gasteiger partial charge in [-0.05, 0) is 31.4 Å². The molecule has 1 saturated heterocycles. The highest BCUT2D eigenvalue weighted by Gasteiger charge is 2.45. The van der Waals surface area contributed by atoms with Crippen LogP contribution >= 0.6 is 0 Å². The predicted molar refractivity (Wildman–Crippen MR) is 101 cm³/mol. The summed E-state index contributed by atoms with van der Waals surface area (Å²) in [5, 5.41) is 9.78. The highest BCUT2D eigenvalue weighted by Crippen LogP contribution is 2.35. The first-order valence-electron chi connectivity index (χ1n) is 9.64. The van der Waals surface area contributed by atoms with Gasteiger partial charge in [-0.1, -0.05) is 6.07 Å². The molecule has 148 valence electrons. The predicted octanol–water partition coefficient (Wildman–Crippen LogP) is 1.23. The molecule has 2 N–H and O–H groups in total. The first kappa shape index (κ1) is 17.6. The van der Waals surface area contributed by atoms with Gasteiger partial charge in [0.2, 0.25) is 11.8 Å². The van der Waals surface area contributed by atoms with Gasteiger partial charge in [0.05, 0.1) is 23.4 Å². The van der Waals surface area contributed by atoms with E-state index in [1.807, 2.05) is 10.9 Å². The molecule has 4 amide bonds. The zero-order valence-corrected chi connectivity index (χ0v) is 15.6. The van der Waals surface area contributed by atoms with E-state index in [2.05, 4.69) is 15.7 Å². The Kier molecular flexibility index (Phi) is 3.97. The van der Waals surface area contributed by atoms with Crippen LogP contribution in [0.15, 0.2) is 30.6 Å². The Hall–Kier alpha value is -3.49. The average molecular weight is 393 g/mol. The number of rotatable bonds is 5. The lowest BCUT2D eigenvalue weighted by atomic mass is 10.0. The molecule has 29 heavy (non-hydrogen) atoms. The van der Waals surface area contributed by atoms with Crippen molar-refractivity contribution in [2.45, 2.75) is 44.3 Å². The number of nitrogens with one attached hydrogen (secondary N) is 2. The lowest BCUT2D eigenvalue weighted by molar-refractivity contribution is -0.136. The fourth-order valence-electron chi connectivity index (χ4n) is 3.87. The van der Waals surface area contributed by atoms with Crippen LogP contribution in [0.3, 0.4) is 0 Å². The Balaban J connectivity index is 1.38. The molecule has 0 radical (unpaired) electrons. The molecule has 1 aromatic heterocycles. The largest absolute Gasteiger partial charge is 0.380 e. The summed E-state index contributed by atoms with van der Waals surface area (Å²) in [7, 11) is 0. The maximum Gasteiger partial charge on any atom is 0.264 e. The number of benzene rings is 1. The highest BCUT2D eigenvalue weighted by molar-refractivity contribution is 6.25. The van der Waals surface area contributed by atoms with Crippen molar-refractivity contribution in [3.8, 4) is 0 Å². The smallest absolute Gasteiger partial charge is 0.264 e. The fraction of sp³-hybridized carbons (Fsp3) is 0.350. The molecule has 9 heteroatoms. The van der Waals surface area contributed by atoms with Gasteiger partial charge in [-0.15, -0.1) is 0 Å². The molecule has 3 aliphatic rings. The van der Waals surface area contributed by atoms with Crippen molar-refractivity contribution in [3.63, 3.8) is 0 Å². The molecular formula is C20H19N5O4. The van der Waals surface area contributed by atoms with Gasteiger partial charge in [-0.2, -0.15) is 5.10 Å². The summed E-state index contributed by atoms with van der Waals surface area (Å²) >= 11 is 0. The molecule has 5 rings (SSSR count).